The van der Waals surface area contributed by atoms with E-state index in [0.29, 0.717) is 22.7 Å². The van der Waals surface area contributed by atoms with E-state index in [1.165, 1.54) is 18.2 Å². The summed E-state index contributed by atoms with van der Waals surface area (Å²) in [7, 11) is 1.51. The maximum Gasteiger partial charge on any atom is 0.282 e. The molecule has 0 radical (unpaired) electrons. The van der Waals surface area contributed by atoms with Gasteiger partial charge in [-0.15, -0.1) is 6.42 Å². The number of benzene rings is 2. The van der Waals surface area contributed by atoms with Crippen molar-refractivity contribution in [3.63, 3.8) is 0 Å². The summed E-state index contributed by atoms with van der Waals surface area (Å²) >= 11 is 2.09. The summed E-state index contributed by atoms with van der Waals surface area (Å²) in [4.78, 5) is 25.0. The van der Waals surface area contributed by atoms with Gasteiger partial charge in [0, 0.05) is 0 Å². The number of methoxy groups -OCH3 is 1. The summed E-state index contributed by atoms with van der Waals surface area (Å²) in [5.41, 5.74) is 3.83. The van der Waals surface area contributed by atoms with Crippen LogP contribution in [0.5, 0.6) is 11.5 Å². The van der Waals surface area contributed by atoms with Crippen molar-refractivity contribution in [1.82, 2.24) is 5.43 Å². The van der Waals surface area contributed by atoms with Crippen LogP contribution < -0.4 is 19.9 Å². The molecule has 1 aliphatic heterocycles. The highest BCUT2D eigenvalue weighted by Gasteiger charge is 2.34. The molecule has 2 aromatic carbocycles. The van der Waals surface area contributed by atoms with Crippen molar-refractivity contribution >= 4 is 46.2 Å². The third-order valence-corrected chi connectivity index (χ3v) is 4.57. The molecule has 2 aromatic rings. The molecule has 3 rings (SSSR count). The first-order chi connectivity index (χ1) is 13.0. The third kappa shape index (κ3) is 3.90. The molecular weight excluding hydrogens is 459 g/mol. The van der Waals surface area contributed by atoms with Crippen LogP contribution in [-0.2, 0) is 9.59 Å². The van der Waals surface area contributed by atoms with Crippen LogP contribution in [0.15, 0.2) is 48.0 Å². The van der Waals surface area contributed by atoms with E-state index < -0.39 is 11.8 Å². The predicted molar refractivity (Wildman–Crippen MR) is 110 cm³/mol. The largest absolute Gasteiger partial charge is 0.493 e. The number of ether oxygens (including phenoxy) is 2. The molecule has 0 atom stereocenters. The van der Waals surface area contributed by atoms with Gasteiger partial charge in [0.1, 0.15) is 12.2 Å². The molecule has 0 unspecified atom stereocenters. The van der Waals surface area contributed by atoms with E-state index in [-0.39, 0.29) is 12.2 Å². The van der Waals surface area contributed by atoms with Crippen LogP contribution >= 0.6 is 22.6 Å². The maximum atomic E-state index is 12.7. The summed E-state index contributed by atoms with van der Waals surface area (Å²) < 4.78 is 11.6. The molecule has 1 N–H and O–H groups in total. The number of rotatable bonds is 5. The smallest absolute Gasteiger partial charge is 0.282 e. The van der Waals surface area contributed by atoms with Gasteiger partial charge in [-0.1, -0.05) is 24.1 Å². The molecule has 6 nitrogen and oxygen atoms in total. The highest BCUT2D eigenvalue weighted by atomic mass is 127. The SMILES string of the molecule is C#CCOc1c(I)cc(/C=C2/C(=O)NN(c3ccccc3)C2=O)cc1OC. The van der Waals surface area contributed by atoms with E-state index in [4.69, 9.17) is 15.9 Å². The van der Waals surface area contributed by atoms with Crippen LogP contribution in [0.25, 0.3) is 6.08 Å². The maximum absolute atomic E-state index is 12.7. The summed E-state index contributed by atoms with van der Waals surface area (Å²) in [5, 5.41) is 1.22. The van der Waals surface area contributed by atoms with Gasteiger partial charge in [0.25, 0.3) is 11.8 Å². The molecule has 136 valence electrons. The highest BCUT2D eigenvalue weighted by molar-refractivity contribution is 14.1. The first-order valence-electron chi connectivity index (χ1n) is 7.91. The average Bonchev–Trinajstić information content (AvgIpc) is 2.95. The molecule has 1 aliphatic rings. The Morgan fingerprint density at radius 3 is 2.67 bits per heavy atom. The van der Waals surface area contributed by atoms with Gasteiger partial charge < -0.3 is 9.47 Å². The van der Waals surface area contributed by atoms with E-state index in [9.17, 15) is 9.59 Å². The molecule has 1 heterocycles. The summed E-state index contributed by atoms with van der Waals surface area (Å²) in [6.45, 7) is 0.111. The lowest BCUT2D eigenvalue weighted by Crippen LogP contribution is -2.35. The van der Waals surface area contributed by atoms with Crippen LogP contribution in [0.4, 0.5) is 5.69 Å². The van der Waals surface area contributed by atoms with E-state index in [1.54, 1.807) is 36.4 Å². The van der Waals surface area contributed by atoms with Gasteiger partial charge in [-0.05, 0) is 58.5 Å². The van der Waals surface area contributed by atoms with Crippen molar-refractivity contribution in [3.05, 3.63) is 57.2 Å². The number of anilines is 1. The van der Waals surface area contributed by atoms with Crippen LogP contribution in [0.2, 0.25) is 0 Å². The average molecular weight is 474 g/mol. The van der Waals surface area contributed by atoms with Crippen molar-refractivity contribution in [2.45, 2.75) is 0 Å². The number of terminal acetylenes is 1. The number of halogens is 1. The molecule has 0 aromatic heterocycles. The van der Waals surface area contributed by atoms with Crippen molar-refractivity contribution in [2.24, 2.45) is 0 Å². The Morgan fingerprint density at radius 1 is 1.26 bits per heavy atom. The Morgan fingerprint density at radius 2 is 2.00 bits per heavy atom. The number of para-hydroxylation sites is 1. The number of nitrogens with zero attached hydrogens (tertiary/aromatic N) is 1. The Labute approximate surface area is 170 Å². The van der Waals surface area contributed by atoms with Gasteiger partial charge >= 0.3 is 0 Å². The second-order valence-corrected chi connectivity index (χ2v) is 6.66. The summed E-state index contributed by atoms with van der Waals surface area (Å²) in [5.74, 6) is 2.50. The predicted octanol–water partition coefficient (Wildman–Crippen LogP) is 2.77. The van der Waals surface area contributed by atoms with Gasteiger partial charge in [0.2, 0.25) is 0 Å². The molecular formula is C20H15IN2O4. The molecule has 1 saturated heterocycles. The van der Waals surface area contributed by atoms with Crippen LogP contribution in [0.1, 0.15) is 5.56 Å². The molecule has 1 fully saturated rings. The third-order valence-electron chi connectivity index (χ3n) is 3.77. The van der Waals surface area contributed by atoms with Gasteiger partial charge in [-0.25, -0.2) is 5.01 Å². The fourth-order valence-electron chi connectivity index (χ4n) is 2.56. The molecule has 0 bridgehead atoms. The van der Waals surface area contributed by atoms with Crippen LogP contribution in [-0.4, -0.2) is 25.5 Å². The van der Waals surface area contributed by atoms with E-state index >= 15 is 0 Å². The molecule has 0 aliphatic carbocycles. The second kappa shape index (κ2) is 8.14. The first-order valence-corrected chi connectivity index (χ1v) is 8.99. The fraction of sp³-hybridized carbons (Fsp3) is 0.100. The van der Waals surface area contributed by atoms with Gasteiger partial charge in [0.05, 0.1) is 16.4 Å². The highest BCUT2D eigenvalue weighted by Crippen LogP contribution is 2.35. The van der Waals surface area contributed by atoms with Crippen LogP contribution in [0.3, 0.4) is 0 Å². The number of hydrogen-bond donors (Lipinski definition) is 1. The zero-order valence-electron chi connectivity index (χ0n) is 14.4. The van der Waals surface area contributed by atoms with Crippen molar-refractivity contribution in [1.29, 1.82) is 0 Å². The summed E-state index contributed by atoms with van der Waals surface area (Å²) in [6.07, 6.45) is 6.76. The van der Waals surface area contributed by atoms with Crippen molar-refractivity contribution in [2.75, 3.05) is 18.7 Å². The monoisotopic (exact) mass is 474 g/mol. The Hall–Kier alpha value is -2.99. The number of amides is 2. The molecule has 0 spiro atoms. The Balaban J connectivity index is 1.94. The quantitative estimate of drug-likeness (QED) is 0.313. The number of hydrazine groups is 1. The fourth-order valence-corrected chi connectivity index (χ4v) is 3.34. The second-order valence-electron chi connectivity index (χ2n) is 5.50. The number of nitrogens with one attached hydrogen (secondary N) is 1. The van der Waals surface area contributed by atoms with Crippen molar-refractivity contribution < 1.29 is 19.1 Å². The van der Waals surface area contributed by atoms with E-state index in [0.717, 1.165) is 3.57 Å². The van der Waals surface area contributed by atoms with Gasteiger partial charge in [-0.2, -0.15) is 0 Å². The minimum Gasteiger partial charge on any atom is -0.493 e. The normalized spacial score (nSPS) is 14.9. The zero-order valence-corrected chi connectivity index (χ0v) is 16.5. The van der Waals surface area contributed by atoms with Crippen molar-refractivity contribution in [3.8, 4) is 23.8 Å². The lowest BCUT2D eigenvalue weighted by atomic mass is 10.1. The number of carbonyl (C=O) groups excluding carboxylic acids is 2. The zero-order chi connectivity index (χ0) is 19.4. The number of hydrogen-bond acceptors (Lipinski definition) is 4. The minimum absolute atomic E-state index is 0.0361. The van der Waals surface area contributed by atoms with Gasteiger partial charge in [-0.3, -0.25) is 15.0 Å². The van der Waals surface area contributed by atoms with Gasteiger partial charge in [0.15, 0.2) is 11.5 Å². The minimum atomic E-state index is -0.467. The summed E-state index contributed by atoms with van der Waals surface area (Å²) in [6, 6.07) is 12.4. The lowest BCUT2D eigenvalue weighted by molar-refractivity contribution is -0.117. The molecule has 27 heavy (non-hydrogen) atoms. The lowest BCUT2D eigenvalue weighted by Gasteiger charge is -2.14. The Kier molecular flexibility index (Phi) is 5.66. The first kappa shape index (κ1) is 18.8. The van der Waals surface area contributed by atoms with E-state index in [2.05, 4.69) is 33.9 Å². The standard InChI is InChI=1S/C20H15IN2O4/c1-3-9-27-18-16(21)11-13(12-17(18)26-2)10-15-19(24)22-23(20(15)25)14-7-5-4-6-8-14/h1,4-8,10-12H,9H2,2H3,(H,22,24)/b15-10-. The molecule has 0 saturated carbocycles. The topological polar surface area (TPSA) is 67.9 Å². The van der Waals surface area contributed by atoms with Crippen LogP contribution in [0, 0.1) is 15.9 Å². The molecule has 2 amide bonds. The number of carbonyl (C=O) groups is 2. The Bertz CT molecular complexity index is 964. The van der Waals surface area contributed by atoms with E-state index in [1.807, 2.05) is 6.07 Å². The molecule has 7 heteroatoms.